The summed E-state index contributed by atoms with van der Waals surface area (Å²) in [5, 5.41) is 3.29. The summed E-state index contributed by atoms with van der Waals surface area (Å²) in [5.41, 5.74) is 0.479. The van der Waals surface area contributed by atoms with Gasteiger partial charge in [-0.3, -0.25) is 9.59 Å². The lowest BCUT2D eigenvalue weighted by Crippen LogP contribution is -2.65. The molecule has 0 spiro atoms. The van der Waals surface area contributed by atoms with Crippen LogP contribution < -0.4 is 5.32 Å². The number of rotatable bonds is 8. The summed E-state index contributed by atoms with van der Waals surface area (Å²) >= 11 is 0. The smallest absolute Gasteiger partial charge is 0.271 e. The molecule has 2 aromatic rings. The minimum absolute atomic E-state index is 0.0537. The van der Waals surface area contributed by atoms with Crippen molar-refractivity contribution in [1.82, 2.24) is 19.7 Å². The minimum atomic E-state index is -0.963. The molecule has 2 amide bonds. The van der Waals surface area contributed by atoms with E-state index in [1.807, 2.05) is 35.8 Å². The number of carbonyl (C=O) groups excluding carboxylic acids is 2. The third-order valence-corrected chi connectivity index (χ3v) is 7.24. The zero-order valence-electron chi connectivity index (χ0n) is 19.6. The number of fused-ring (bicyclic) bond motifs is 1. The largest absolute Gasteiger partial charge is 0.463 e. The molecule has 0 bridgehead atoms. The normalized spacial score (nSPS) is 21.8. The second-order valence-electron chi connectivity index (χ2n) is 9.23. The molecule has 7 heteroatoms. The maximum Gasteiger partial charge on any atom is 0.271 e. The van der Waals surface area contributed by atoms with Gasteiger partial charge in [-0.25, -0.2) is 0 Å². The SMILES string of the molecule is CCN(CC)CCN1C(=O)c2ccc(-c3ccco3)n2CC1(C)C(=O)NC1CCCCC1. The van der Waals surface area contributed by atoms with Gasteiger partial charge >= 0.3 is 0 Å². The van der Waals surface area contributed by atoms with E-state index >= 15 is 0 Å². The van der Waals surface area contributed by atoms with Crippen LogP contribution in [0.1, 0.15) is 63.4 Å². The molecule has 0 saturated heterocycles. The zero-order valence-corrected chi connectivity index (χ0v) is 19.6. The molecule has 1 aliphatic carbocycles. The number of aromatic nitrogens is 1. The van der Waals surface area contributed by atoms with Gasteiger partial charge in [-0.2, -0.15) is 0 Å². The minimum Gasteiger partial charge on any atom is -0.463 e. The van der Waals surface area contributed by atoms with Crippen molar-refractivity contribution in [3.05, 3.63) is 36.2 Å². The Hall–Kier alpha value is -2.54. The molecule has 1 atom stereocenters. The molecular formula is C25H36N4O3. The van der Waals surface area contributed by atoms with Crippen LogP contribution in [0.5, 0.6) is 0 Å². The first-order valence-corrected chi connectivity index (χ1v) is 12.1. The van der Waals surface area contributed by atoms with E-state index in [9.17, 15) is 9.59 Å². The van der Waals surface area contributed by atoms with Crippen molar-refractivity contribution < 1.29 is 14.0 Å². The van der Waals surface area contributed by atoms with Crippen molar-refractivity contribution >= 4 is 11.8 Å². The van der Waals surface area contributed by atoms with E-state index < -0.39 is 5.54 Å². The van der Waals surface area contributed by atoms with Crippen molar-refractivity contribution in [2.45, 2.75) is 71.0 Å². The third-order valence-electron chi connectivity index (χ3n) is 7.24. The molecule has 0 radical (unpaired) electrons. The standard InChI is InChI=1S/C25H36N4O3/c1-4-27(5-2)15-16-29-23(30)21-14-13-20(22-12-9-17-32-22)28(21)18-25(29,3)24(31)26-19-10-7-6-8-11-19/h9,12-14,17,19H,4-8,10-11,15-16,18H2,1-3H3,(H,26,31). The lowest BCUT2D eigenvalue weighted by Gasteiger charge is -2.45. The maximum atomic E-state index is 13.7. The zero-order chi connectivity index (χ0) is 22.7. The van der Waals surface area contributed by atoms with Gasteiger partial charge in [-0.1, -0.05) is 33.1 Å². The molecule has 1 aliphatic heterocycles. The van der Waals surface area contributed by atoms with Gasteiger partial charge in [0, 0.05) is 19.1 Å². The summed E-state index contributed by atoms with van der Waals surface area (Å²) in [4.78, 5) is 31.5. The number of nitrogens with one attached hydrogen (secondary N) is 1. The van der Waals surface area contributed by atoms with Crippen LogP contribution in [0.15, 0.2) is 34.9 Å². The van der Waals surface area contributed by atoms with Crippen LogP contribution in [0.25, 0.3) is 11.5 Å². The van der Waals surface area contributed by atoms with Gasteiger partial charge < -0.3 is 24.1 Å². The van der Waals surface area contributed by atoms with Gasteiger partial charge in [0.25, 0.3) is 5.91 Å². The number of hydrogen-bond donors (Lipinski definition) is 1. The Kier molecular flexibility index (Phi) is 6.74. The topological polar surface area (TPSA) is 70.7 Å². The van der Waals surface area contributed by atoms with Gasteiger partial charge in [0.05, 0.1) is 18.5 Å². The second-order valence-corrected chi connectivity index (χ2v) is 9.23. The highest BCUT2D eigenvalue weighted by Gasteiger charge is 2.48. The van der Waals surface area contributed by atoms with E-state index in [1.54, 1.807) is 11.2 Å². The monoisotopic (exact) mass is 440 g/mol. The fraction of sp³-hybridized carbons (Fsp3) is 0.600. The van der Waals surface area contributed by atoms with Crippen LogP contribution in [0.4, 0.5) is 0 Å². The van der Waals surface area contributed by atoms with Crippen molar-refractivity contribution in [2.75, 3.05) is 26.2 Å². The summed E-state index contributed by atoms with van der Waals surface area (Å²) < 4.78 is 7.57. The average Bonchev–Trinajstić information content (AvgIpc) is 3.46. The van der Waals surface area contributed by atoms with Crippen LogP contribution in [0, 0.1) is 0 Å². The Morgan fingerprint density at radius 3 is 2.53 bits per heavy atom. The molecule has 174 valence electrons. The van der Waals surface area contributed by atoms with Gasteiger partial charge in [0.1, 0.15) is 17.0 Å². The highest BCUT2D eigenvalue weighted by atomic mass is 16.3. The van der Waals surface area contributed by atoms with Crippen LogP contribution in [-0.2, 0) is 11.3 Å². The molecule has 2 aromatic heterocycles. The molecule has 1 unspecified atom stereocenters. The predicted molar refractivity (Wildman–Crippen MR) is 124 cm³/mol. The van der Waals surface area contributed by atoms with Crippen LogP contribution >= 0.6 is 0 Å². The predicted octanol–water partition coefficient (Wildman–Crippen LogP) is 3.75. The molecule has 1 N–H and O–H groups in total. The van der Waals surface area contributed by atoms with Gasteiger partial charge in [0.2, 0.25) is 5.91 Å². The molecule has 2 aliphatic rings. The molecule has 32 heavy (non-hydrogen) atoms. The highest BCUT2D eigenvalue weighted by Crippen LogP contribution is 2.33. The molecule has 3 heterocycles. The Bertz CT molecular complexity index is 925. The van der Waals surface area contributed by atoms with Crippen LogP contribution in [0.2, 0.25) is 0 Å². The summed E-state index contributed by atoms with van der Waals surface area (Å²) in [6.07, 6.45) is 7.19. The second kappa shape index (κ2) is 9.53. The fourth-order valence-corrected chi connectivity index (χ4v) is 5.13. The number of hydrogen-bond acceptors (Lipinski definition) is 4. The molecular weight excluding hydrogens is 404 g/mol. The summed E-state index contributed by atoms with van der Waals surface area (Å²) in [7, 11) is 0. The number of likely N-dealkylation sites (N-methyl/N-ethyl adjacent to an activating group) is 1. The van der Waals surface area contributed by atoms with Crippen molar-refractivity contribution in [3.63, 3.8) is 0 Å². The first-order valence-electron chi connectivity index (χ1n) is 12.1. The Morgan fingerprint density at radius 2 is 1.88 bits per heavy atom. The highest BCUT2D eigenvalue weighted by molar-refractivity contribution is 6.00. The van der Waals surface area contributed by atoms with Gasteiger partial charge in [-0.05, 0) is 57.1 Å². The van der Waals surface area contributed by atoms with Crippen LogP contribution in [-0.4, -0.2) is 63.9 Å². The van der Waals surface area contributed by atoms with E-state index in [1.165, 1.54) is 6.42 Å². The summed E-state index contributed by atoms with van der Waals surface area (Å²) in [6, 6.07) is 7.69. The quantitative estimate of drug-likeness (QED) is 0.679. The molecule has 4 rings (SSSR count). The first kappa shape index (κ1) is 22.6. The Morgan fingerprint density at radius 1 is 1.16 bits per heavy atom. The fourth-order valence-electron chi connectivity index (χ4n) is 5.13. The molecule has 0 aromatic carbocycles. The third kappa shape index (κ3) is 4.22. The van der Waals surface area contributed by atoms with Gasteiger partial charge in [-0.15, -0.1) is 0 Å². The van der Waals surface area contributed by atoms with E-state index in [2.05, 4.69) is 24.1 Å². The number of carbonyl (C=O) groups is 2. The van der Waals surface area contributed by atoms with Crippen LogP contribution in [0.3, 0.4) is 0 Å². The molecule has 1 saturated carbocycles. The number of nitrogens with zero attached hydrogens (tertiary/aromatic N) is 3. The van der Waals surface area contributed by atoms with Gasteiger partial charge in [0.15, 0.2) is 0 Å². The maximum absolute atomic E-state index is 13.7. The van der Waals surface area contributed by atoms with Crippen molar-refractivity contribution in [2.24, 2.45) is 0 Å². The number of amides is 2. The number of furan rings is 1. The lowest BCUT2D eigenvalue weighted by molar-refractivity contribution is -0.134. The molecule has 1 fully saturated rings. The average molecular weight is 441 g/mol. The first-order chi connectivity index (χ1) is 15.5. The Labute approximate surface area is 190 Å². The summed E-state index contributed by atoms with van der Waals surface area (Å²) in [5.74, 6) is 0.556. The van der Waals surface area contributed by atoms with E-state index in [-0.39, 0.29) is 17.9 Å². The summed E-state index contributed by atoms with van der Waals surface area (Å²) in [6.45, 7) is 9.68. The van der Waals surface area contributed by atoms with E-state index in [0.717, 1.165) is 51.0 Å². The lowest BCUT2D eigenvalue weighted by atomic mass is 9.91. The Balaban J connectivity index is 1.66. The van der Waals surface area contributed by atoms with E-state index in [4.69, 9.17) is 4.42 Å². The van der Waals surface area contributed by atoms with Crippen molar-refractivity contribution in [3.8, 4) is 11.5 Å². The van der Waals surface area contributed by atoms with Crippen molar-refractivity contribution in [1.29, 1.82) is 0 Å². The molecule has 7 nitrogen and oxygen atoms in total. The van der Waals surface area contributed by atoms with E-state index in [0.29, 0.717) is 24.5 Å².